The fraction of sp³-hybridized carbons (Fsp3) is 0.286. The molecule has 7 nitrogen and oxygen atoms in total. The number of nitrogens with zero attached hydrogens (tertiary/aromatic N) is 3. The number of amides is 2. The zero-order valence-electron chi connectivity index (χ0n) is 11.3. The van der Waals surface area contributed by atoms with Crippen LogP contribution in [0.4, 0.5) is 5.69 Å². The predicted molar refractivity (Wildman–Crippen MR) is 75.7 cm³/mol. The number of pyridine rings is 1. The van der Waals surface area contributed by atoms with Crippen molar-refractivity contribution in [3.63, 3.8) is 0 Å². The molecule has 2 N–H and O–H groups in total. The highest BCUT2D eigenvalue weighted by atomic mass is 16.2. The van der Waals surface area contributed by atoms with Gasteiger partial charge < -0.3 is 10.6 Å². The number of anilines is 1. The van der Waals surface area contributed by atoms with E-state index in [-0.39, 0.29) is 17.7 Å². The van der Waals surface area contributed by atoms with Gasteiger partial charge in [0, 0.05) is 31.6 Å². The lowest BCUT2D eigenvalue weighted by atomic mass is 9.98. The van der Waals surface area contributed by atoms with Gasteiger partial charge >= 0.3 is 0 Å². The molecule has 0 aromatic carbocycles. The highest BCUT2D eigenvalue weighted by Crippen LogP contribution is 2.19. The van der Waals surface area contributed by atoms with Gasteiger partial charge in [0.25, 0.3) is 0 Å². The lowest BCUT2D eigenvalue weighted by Crippen LogP contribution is -2.40. The molecular formula is C14H15N5O2. The Kier molecular flexibility index (Phi) is 3.63. The zero-order valence-corrected chi connectivity index (χ0v) is 11.3. The van der Waals surface area contributed by atoms with E-state index >= 15 is 0 Å². The highest BCUT2D eigenvalue weighted by Gasteiger charge is 2.25. The van der Waals surface area contributed by atoms with Gasteiger partial charge in [0.2, 0.25) is 11.8 Å². The van der Waals surface area contributed by atoms with Gasteiger partial charge in [-0.3, -0.25) is 9.59 Å². The molecule has 3 rings (SSSR count). The molecule has 0 bridgehead atoms. The number of hydrogen-bond acceptors (Lipinski definition) is 4. The van der Waals surface area contributed by atoms with Gasteiger partial charge in [-0.15, -0.1) is 0 Å². The van der Waals surface area contributed by atoms with Crippen molar-refractivity contribution in [2.75, 3.05) is 11.9 Å². The van der Waals surface area contributed by atoms with Crippen LogP contribution >= 0.6 is 0 Å². The SMILES string of the molecule is O=C1CCC(C(=O)Nc2cccnc2-n2cccn2)CN1. The maximum atomic E-state index is 12.3. The fourth-order valence-corrected chi connectivity index (χ4v) is 2.26. The average Bonchev–Trinajstić information content (AvgIpc) is 3.02. The Hall–Kier alpha value is -2.70. The van der Waals surface area contributed by atoms with E-state index in [1.807, 2.05) is 0 Å². The first kappa shape index (κ1) is 13.3. The molecule has 0 spiro atoms. The first-order chi connectivity index (χ1) is 10.2. The second kappa shape index (κ2) is 5.74. The molecule has 7 heteroatoms. The van der Waals surface area contributed by atoms with E-state index in [1.165, 1.54) is 0 Å². The van der Waals surface area contributed by atoms with Crippen molar-refractivity contribution in [2.24, 2.45) is 5.92 Å². The Labute approximate surface area is 121 Å². The van der Waals surface area contributed by atoms with Crippen LogP contribution < -0.4 is 10.6 Å². The number of carbonyl (C=O) groups excluding carboxylic acids is 2. The van der Waals surface area contributed by atoms with Crippen molar-refractivity contribution >= 4 is 17.5 Å². The van der Waals surface area contributed by atoms with Gasteiger partial charge in [-0.1, -0.05) is 0 Å². The third-order valence-electron chi connectivity index (χ3n) is 3.40. The fourth-order valence-electron chi connectivity index (χ4n) is 2.26. The van der Waals surface area contributed by atoms with E-state index in [0.717, 1.165) is 0 Å². The van der Waals surface area contributed by atoms with E-state index < -0.39 is 0 Å². The molecule has 2 aromatic rings. The van der Waals surface area contributed by atoms with E-state index in [1.54, 1.807) is 41.5 Å². The summed E-state index contributed by atoms with van der Waals surface area (Å²) in [7, 11) is 0. The summed E-state index contributed by atoms with van der Waals surface area (Å²) in [6, 6.07) is 5.32. The van der Waals surface area contributed by atoms with Crippen LogP contribution in [0.3, 0.4) is 0 Å². The average molecular weight is 285 g/mol. The molecule has 2 aromatic heterocycles. The van der Waals surface area contributed by atoms with E-state index in [9.17, 15) is 9.59 Å². The molecule has 1 aliphatic heterocycles. The summed E-state index contributed by atoms with van der Waals surface area (Å²) in [5.41, 5.74) is 0.600. The normalized spacial score (nSPS) is 18.1. The van der Waals surface area contributed by atoms with Crippen molar-refractivity contribution in [3.8, 4) is 5.82 Å². The summed E-state index contributed by atoms with van der Waals surface area (Å²) < 4.78 is 1.60. The van der Waals surface area contributed by atoms with Crippen LogP contribution in [-0.2, 0) is 9.59 Å². The third kappa shape index (κ3) is 2.91. The third-order valence-corrected chi connectivity index (χ3v) is 3.40. The topological polar surface area (TPSA) is 88.9 Å². The molecule has 1 unspecified atom stereocenters. The molecule has 1 atom stereocenters. The van der Waals surface area contributed by atoms with Gasteiger partial charge in [0.05, 0.1) is 11.6 Å². The molecule has 0 saturated carbocycles. The number of piperidine rings is 1. The predicted octanol–water partition coefficient (Wildman–Crippen LogP) is 0.732. The number of carbonyl (C=O) groups is 2. The quantitative estimate of drug-likeness (QED) is 0.870. The monoisotopic (exact) mass is 285 g/mol. The summed E-state index contributed by atoms with van der Waals surface area (Å²) in [6.45, 7) is 0.377. The Bertz CT molecular complexity index is 643. The lowest BCUT2D eigenvalue weighted by Gasteiger charge is -2.22. The molecule has 108 valence electrons. The maximum absolute atomic E-state index is 12.3. The van der Waals surface area contributed by atoms with Crippen molar-refractivity contribution in [2.45, 2.75) is 12.8 Å². The molecular weight excluding hydrogens is 270 g/mol. The minimum Gasteiger partial charge on any atom is -0.355 e. The second-order valence-electron chi connectivity index (χ2n) is 4.85. The Morgan fingerprint density at radius 3 is 3.00 bits per heavy atom. The minimum absolute atomic E-state index is 0.00217. The Morgan fingerprint density at radius 2 is 2.29 bits per heavy atom. The number of rotatable bonds is 3. The Balaban J connectivity index is 1.76. The van der Waals surface area contributed by atoms with E-state index in [0.29, 0.717) is 30.9 Å². The second-order valence-corrected chi connectivity index (χ2v) is 4.85. The molecule has 21 heavy (non-hydrogen) atoms. The van der Waals surface area contributed by atoms with E-state index in [2.05, 4.69) is 20.7 Å². The van der Waals surface area contributed by atoms with Crippen LogP contribution in [0.15, 0.2) is 36.8 Å². The number of hydrogen-bond donors (Lipinski definition) is 2. The number of aromatic nitrogens is 3. The largest absolute Gasteiger partial charge is 0.355 e. The molecule has 3 heterocycles. The van der Waals surface area contributed by atoms with Gasteiger partial charge in [0.1, 0.15) is 0 Å². The zero-order chi connectivity index (χ0) is 14.7. The van der Waals surface area contributed by atoms with Gasteiger partial charge in [-0.25, -0.2) is 9.67 Å². The summed E-state index contributed by atoms with van der Waals surface area (Å²) in [6.07, 6.45) is 6.01. The summed E-state index contributed by atoms with van der Waals surface area (Å²) in [5.74, 6) is 0.234. The van der Waals surface area contributed by atoms with Crippen LogP contribution in [0.2, 0.25) is 0 Å². The maximum Gasteiger partial charge on any atom is 0.229 e. The lowest BCUT2D eigenvalue weighted by molar-refractivity contribution is -0.126. The van der Waals surface area contributed by atoms with Crippen LogP contribution in [-0.4, -0.2) is 33.1 Å². The molecule has 2 amide bonds. The van der Waals surface area contributed by atoms with Gasteiger partial charge in [-0.2, -0.15) is 5.10 Å². The number of nitrogens with one attached hydrogen (secondary N) is 2. The minimum atomic E-state index is -0.214. The first-order valence-electron chi connectivity index (χ1n) is 6.76. The van der Waals surface area contributed by atoms with Crippen molar-refractivity contribution < 1.29 is 9.59 Å². The highest BCUT2D eigenvalue weighted by molar-refractivity contribution is 5.95. The molecule has 1 fully saturated rings. The van der Waals surface area contributed by atoms with Crippen LogP contribution in [0.5, 0.6) is 0 Å². The summed E-state index contributed by atoms with van der Waals surface area (Å²) in [5, 5.41) is 9.70. The molecule has 1 saturated heterocycles. The first-order valence-corrected chi connectivity index (χ1v) is 6.76. The van der Waals surface area contributed by atoms with Crippen LogP contribution in [0.1, 0.15) is 12.8 Å². The van der Waals surface area contributed by atoms with Crippen LogP contribution in [0.25, 0.3) is 5.82 Å². The standard InChI is InChI=1S/C14H15N5O2/c20-12-5-4-10(9-16-12)14(21)18-11-3-1-6-15-13(11)19-8-2-7-17-19/h1-3,6-8,10H,4-5,9H2,(H,16,20)(H,18,21). The molecule has 0 aliphatic carbocycles. The van der Waals surface area contributed by atoms with E-state index in [4.69, 9.17) is 0 Å². The Morgan fingerprint density at radius 1 is 1.38 bits per heavy atom. The summed E-state index contributed by atoms with van der Waals surface area (Å²) in [4.78, 5) is 27.7. The van der Waals surface area contributed by atoms with Crippen molar-refractivity contribution in [1.82, 2.24) is 20.1 Å². The summed E-state index contributed by atoms with van der Waals surface area (Å²) >= 11 is 0. The van der Waals surface area contributed by atoms with Gasteiger partial charge in [-0.05, 0) is 24.6 Å². The van der Waals surface area contributed by atoms with Gasteiger partial charge in [0.15, 0.2) is 5.82 Å². The van der Waals surface area contributed by atoms with Crippen molar-refractivity contribution in [1.29, 1.82) is 0 Å². The van der Waals surface area contributed by atoms with Crippen molar-refractivity contribution in [3.05, 3.63) is 36.8 Å². The smallest absolute Gasteiger partial charge is 0.229 e. The molecule has 0 radical (unpaired) electrons. The molecule has 1 aliphatic rings. The van der Waals surface area contributed by atoms with Crippen LogP contribution in [0, 0.1) is 5.92 Å².